The molecule has 0 saturated carbocycles. The van der Waals surface area contributed by atoms with Crippen molar-refractivity contribution in [3.8, 4) is 0 Å². The second kappa shape index (κ2) is 5.18. The SMILES string of the molecule is Cc1ccnc(NS(=O)(=O)c2cc(Br)ccc2N)c1. The van der Waals surface area contributed by atoms with E-state index in [9.17, 15) is 8.42 Å². The zero-order valence-electron chi connectivity index (χ0n) is 10.1. The molecule has 3 N–H and O–H groups in total. The van der Waals surface area contributed by atoms with Gasteiger partial charge in [0.2, 0.25) is 0 Å². The van der Waals surface area contributed by atoms with Crippen molar-refractivity contribution in [2.45, 2.75) is 11.8 Å². The second-order valence-corrected chi connectivity index (χ2v) is 6.57. The highest BCUT2D eigenvalue weighted by Crippen LogP contribution is 2.24. The third-order valence-corrected chi connectivity index (χ3v) is 4.32. The number of sulfonamides is 1. The normalized spacial score (nSPS) is 11.3. The van der Waals surface area contributed by atoms with Gasteiger partial charge in [0.1, 0.15) is 10.7 Å². The number of aromatic nitrogens is 1. The first-order valence-corrected chi connectivity index (χ1v) is 7.66. The summed E-state index contributed by atoms with van der Waals surface area (Å²) in [7, 11) is -3.75. The molecule has 0 bridgehead atoms. The fraction of sp³-hybridized carbons (Fsp3) is 0.0833. The predicted octanol–water partition coefficient (Wildman–Crippen LogP) is 2.54. The molecule has 0 spiro atoms. The number of nitrogens with two attached hydrogens (primary N) is 1. The summed E-state index contributed by atoms with van der Waals surface area (Å²) in [6, 6.07) is 8.09. The van der Waals surface area contributed by atoms with Crippen LogP contribution in [-0.4, -0.2) is 13.4 Å². The highest BCUT2D eigenvalue weighted by molar-refractivity contribution is 9.10. The number of hydrogen-bond donors (Lipinski definition) is 2. The molecule has 1 aromatic heterocycles. The summed E-state index contributed by atoms with van der Waals surface area (Å²) in [6.45, 7) is 1.85. The molecular formula is C12H12BrN3O2S. The van der Waals surface area contributed by atoms with E-state index < -0.39 is 10.0 Å². The number of rotatable bonds is 3. The molecule has 100 valence electrons. The van der Waals surface area contributed by atoms with Crippen LogP contribution in [0.2, 0.25) is 0 Å². The van der Waals surface area contributed by atoms with Gasteiger partial charge in [-0.05, 0) is 42.8 Å². The molecule has 0 aliphatic heterocycles. The van der Waals surface area contributed by atoms with Crippen LogP contribution in [0, 0.1) is 6.92 Å². The maximum absolute atomic E-state index is 12.2. The number of anilines is 2. The summed E-state index contributed by atoms with van der Waals surface area (Å²) >= 11 is 3.22. The van der Waals surface area contributed by atoms with Gasteiger partial charge in [-0.15, -0.1) is 0 Å². The smallest absolute Gasteiger partial charge is 0.265 e. The maximum Gasteiger partial charge on any atom is 0.265 e. The third kappa shape index (κ3) is 3.24. The van der Waals surface area contributed by atoms with E-state index in [0.29, 0.717) is 4.47 Å². The Hall–Kier alpha value is -1.60. The summed E-state index contributed by atoms with van der Waals surface area (Å²) in [6.07, 6.45) is 1.54. The fourth-order valence-corrected chi connectivity index (χ4v) is 3.20. The lowest BCUT2D eigenvalue weighted by atomic mass is 10.3. The van der Waals surface area contributed by atoms with Crippen molar-refractivity contribution in [1.82, 2.24) is 4.98 Å². The van der Waals surface area contributed by atoms with Crippen LogP contribution in [0.1, 0.15) is 5.56 Å². The fourth-order valence-electron chi connectivity index (χ4n) is 1.53. The van der Waals surface area contributed by atoms with E-state index in [-0.39, 0.29) is 16.4 Å². The van der Waals surface area contributed by atoms with Crippen LogP contribution in [-0.2, 0) is 10.0 Å². The number of benzene rings is 1. The van der Waals surface area contributed by atoms with Gasteiger partial charge in [-0.2, -0.15) is 0 Å². The van der Waals surface area contributed by atoms with Gasteiger partial charge in [-0.25, -0.2) is 13.4 Å². The molecule has 0 aliphatic rings. The zero-order chi connectivity index (χ0) is 14.0. The molecule has 2 rings (SSSR count). The number of nitrogen functional groups attached to an aromatic ring is 1. The Bertz CT molecular complexity index is 717. The van der Waals surface area contributed by atoms with Crippen molar-refractivity contribution in [3.05, 3.63) is 46.6 Å². The van der Waals surface area contributed by atoms with Crippen molar-refractivity contribution in [2.75, 3.05) is 10.5 Å². The van der Waals surface area contributed by atoms with E-state index >= 15 is 0 Å². The molecule has 0 saturated heterocycles. The zero-order valence-corrected chi connectivity index (χ0v) is 12.5. The Kier molecular flexibility index (Phi) is 3.77. The molecule has 0 amide bonds. The second-order valence-electron chi connectivity index (χ2n) is 4.01. The van der Waals surface area contributed by atoms with E-state index in [4.69, 9.17) is 5.73 Å². The Morgan fingerprint density at radius 2 is 2.00 bits per heavy atom. The Balaban J connectivity index is 2.40. The van der Waals surface area contributed by atoms with Crippen LogP contribution in [0.15, 0.2) is 45.9 Å². The summed E-state index contributed by atoms with van der Waals surface area (Å²) in [5.41, 5.74) is 6.79. The van der Waals surface area contributed by atoms with Crippen molar-refractivity contribution in [1.29, 1.82) is 0 Å². The van der Waals surface area contributed by atoms with E-state index in [1.165, 1.54) is 18.3 Å². The summed E-state index contributed by atoms with van der Waals surface area (Å²) in [5, 5.41) is 0. The molecule has 2 aromatic rings. The lowest BCUT2D eigenvalue weighted by molar-refractivity contribution is 0.601. The molecule has 5 nitrogen and oxygen atoms in total. The first-order valence-electron chi connectivity index (χ1n) is 5.39. The Morgan fingerprint density at radius 3 is 2.68 bits per heavy atom. The van der Waals surface area contributed by atoms with Crippen LogP contribution < -0.4 is 10.5 Å². The van der Waals surface area contributed by atoms with Gasteiger partial charge >= 0.3 is 0 Å². The van der Waals surface area contributed by atoms with Gasteiger partial charge in [0, 0.05) is 10.7 Å². The van der Waals surface area contributed by atoms with Crippen molar-refractivity contribution < 1.29 is 8.42 Å². The van der Waals surface area contributed by atoms with E-state index in [1.54, 1.807) is 18.2 Å². The number of nitrogens with zero attached hydrogens (tertiary/aromatic N) is 1. The molecular weight excluding hydrogens is 330 g/mol. The molecule has 0 unspecified atom stereocenters. The Morgan fingerprint density at radius 1 is 1.26 bits per heavy atom. The van der Waals surface area contributed by atoms with Crippen molar-refractivity contribution in [3.63, 3.8) is 0 Å². The topological polar surface area (TPSA) is 85.1 Å². The van der Waals surface area contributed by atoms with Crippen LogP contribution >= 0.6 is 15.9 Å². The molecule has 0 fully saturated rings. The molecule has 1 heterocycles. The van der Waals surface area contributed by atoms with Gasteiger partial charge in [-0.3, -0.25) is 4.72 Å². The number of hydrogen-bond acceptors (Lipinski definition) is 4. The summed E-state index contributed by atoms with van der Waals surface area (Å²) < 4.78 is 27.5. The number of halogens is 1. The molecule has 19 heavy (non-hydrogen) atoms. The van der Waals surface area contributed by atoms with E-state index in [1.807, 2.05) is 6.92 Å². The molecule has 0 atom stereocenters. The lowest BCUT2D eigenvalue weighted by Crippen LogP contribution is -2.15. The van der Waals surface area contributed by atoms with Crippen LogP contribution in [0.4, 0.5) is 11.5 Å². The first-order chi connectivity index (χ1) is 8.88. The minimum absolute atomic E-state index is 0.0187. The standard InChI is InChI=1S/C12H12BrN3O2S/c1-8-4-5-15-12(6-8)16-19(17,18)11-7-9(13)2-3-10(11)14/h2-7H,14H2,1H3,(H,15,16). The summed E-state index contributed by atoms with van der Waals surface area (Å²) in [4.78, 5) is 3.98. The van der Waals surface area contributed by atoms with E-state index in [0.717, 1.165) is 5.56 Å². The van der Waals surface area contributed by atoms with Crippen LogP contribution in [0.3, 0.4) is 0 Å². The van der Waals surface area contributed by atoms with Gasteiger partial charge in [-0.1, -0.05) is 15.9 Å². The van der Waals surface area contributed by atoms with Gasteiger partial charge < -0.3 is 5.73 Å². The van der Waals surface area contributed by atoms with Crippen molar-refractivity contribution in [2.24, 2.45) is 0 Å². The quantitative estimate of drug-likeness (QED) is 0.840. The maximum atomic E-state index is 12.2. The monoisotopic (exact) mass is 341 g/mol. The first kappa shape index (κ1) is 13.8. The van der Waals surface area contributed by atoms with E-state index in [2.05, 4.69) is 25.6 Å². The summed E-state index contributed by atoms with van der Waals surface area (Å²) in [5.74, 6) is 0.263. The molecule has 0 radical (unpaired) electrons. The minimum Gasteiger partial charge on any atom is -0.398 e. The average Bonchev–Trinajstić information content (AvgIpc) is 2.31. The lowest BCUT2D eigenvalue weighted by Gasteiger charge is -2.10. The number of pyridine rings is 1. The number of nitrogens with one attached hydrogen (secondary N) is 1. The predicted molar refractivity (Wildman–Crippen MR) is 78.3 cm³/mol. The largest absolute Gasteiger partial charge is 0.398 e. The van der Waals surface area contributed by atoms with Gasteiger partial charge in [0.25, 0.3) is 10.0 Å². The average molecular weight is 342 g/mol. The molecule has 0 aliphatic carbocycles. The van der Waals surface area contributed by atoms with Gasteiger partial charge in [0.05, 0.1) is 5.69 Å². The minimum atomic E-state index is -3.75. The van der Waals surface area contributed by atoms with Crippen LogP contribution in [0.25, 0.3) is 0 Å². The molecule has 7 heteroatoms. The highest BCUT2D eigenvalue weighted by atomic mass is 79.9. The van der Waals surface area contributed by atoms with Crippen molar-refractivity contribution >= 4 is 37.5 Å². The third-order valence-electron chi connectivity index (χ3n) is 2.42. The number of aryl methyl sites for hydroxylation is 1. The molecule has 1 aromatic carbocycles. The van der Waals surface area contributed by atoms with Gasteiger partial charge in [0.15, 0.2) is 0 Å². The van der Waals surface area contributed by atoms with Crippen LogP contribution in [0.5, 0.6) is 0 Å². The highest BCUT2D eigenvalue weighted by Gasteiger charge is 2.18. The Labute approximate surface area is 120 Å².